The largest absolute Gasteiger partial charge is 0.451 e. The molecule has 0 aliphatic carbocycles. The summed E-state index contributed by atoms with van der Waals surface area (Å²) in [6.07, 6.45) is 0. The molecule has 0 radical (unpaired) electrons. The van der Waals surface area contributed by atoms with Gasteiger partial charge in [0.1, 0.15) is 0 Å². The molecule has 1 amide bonds. The van der Waals surface area contributed by atoms with Crippen LogP contribution in [0.1, 0.15) is 48.1 Å². The molecule has 0 saturated carbocycles. The number of nitrogens with one attached hydrogen (secondary N) is 1. The number of hydrogen-bond acceptors (Lipinski definition) is 5. The van der Waals surface area contributed by atoms with Crippen molar-refractivity contribution in [1.82, 2.24) is 20.3 Å². The number of aryl methyl sites for hydroxylation is 3. The summed E-state index contributed by atoms with van der Waals surface area (Å²) in [5, 5.41) is 11.3. The molecule has 0 unspecified atom stereocenters. The molecule has 1 aromatic heterocycles. The molecule has 7 nitrogen and oxygen atoms in total. The van der Waals surface area contributed by atoms with E-state index in [2.05, 4.69) is 15.5 Å². The number of carbonyl (C=O) groups excluding carboxylic acids is 2. The fourth-order valence-electron chi connectivity index (χ4n) is 2.37. The number of nitrogens with zero attached hydrogens (tertiary/aromatic N) is 3. The lowest BCUT2D eigenvalue weighted by atomic mass is 10.1. The summed E-state index contributed by atoms with van der Waals surface area (Å²) in [6.45, 7) is 11.2. The molecule has 0 saturated heterocycles. The minimum Gasteiger partial charge on any atom is -0.451 e. The summed E-state index contributed by atoms with van der Waals surface area (Å²) < 4.78 is 5.08. The van der Waals surface area contributed by atoms with Gasteiger partial charge >= 0.3 is 5.97 Å². The Kier molecular flexibility index (Phi) is 6.13. The minimum absolute atomic E-state index is 0.00771. The van der Waals surface area contributed by atoms with Crippen LogP contribution < -0.4 is 5.32 Å². The smallest absolute Gasteiger partial charge is 0.361 e. The normalized spacial score (nSPS) is 12.1. The number of rotatable bonds is 6. The standard InChI is InChI=1S/C19H26N4O3/c1-11(2)14(5)20-17(24)10-26-19(25)18-15(6)21-23(22-18)16-8-7-12(3)9-13(16)4/h7-9,11,14H,10H2,1-6H3,(H,20,24)/t14-/m1/s1. The van der Waals surface area contributed by atoms with Crippen molar-refractivity contribution in [3.63, 3.8) is 0 Å². The molecule has 0 fully saturated rings. The number of ether oxygens (including phenoxy) is 1. The second-order valence-corrected chi connectivity index (χ2v) is 6.89. The molecule has 1 heterocycles. The molecule has 0 aliphatic heterocycles. The van der Waals surface area contributed by atoms with Crippen molar-refractivity contribution in [3.05, 3.63) is 40.7 Å². The van der Waals surface area contributed by atoms with Crippen LogP contribution >= 0.6 is 0 Å². The Hall–Kier alpha value is -2.70. The first kappa shape index (κ1) is 19.6. The Morgan fingerprint density at radius 1 is 1.15 bits per heavy atom. The van der Waals surface area contributed by atoms with Crippen molar-refractivity contribution in [1.29, 1.82) is 0 Å². The summed E-state index contributed by atoms with van der Waals surface area (Å²) in [5.41, 5.74) is 3.49. The van der Waals surface area contributed by atoms with Crippen molar-refractivity contribution in [2.24, 2.45) is 5.92 Å². The van der Waals surface area contributed by atoms with E-state index in [4.69, 9.17) is 4.74 Å². The molecule has 2 aromatic rings. The van der Waals surface area contributed by atoms with E-state index in [1.165, 1.54) is 4.80 Å². The zero-order valence-electron chi connectivity index (χ0n) is 16.2. The first-order chi connectivity index (χ1) is 12.2. The van der Waals surface area contributed by atoms with E-state index in [9.17, 15) is 9.59 Å². The molecule has 1 atom stereocenters. The number of aromatic nitrogens is 3. The molecule has 0 bridgehead atoms. The lowest BCUT2D eigenvalue weighted by Crippen LogP contribution is -2.38. The monoisotopic (exact) mass is 358 g/mol. The number of carbonyl (C=O) groups is 2. The predicted octanol–water partition coefficient (Wildman–Crippen LogP) is 2.51. The van der Waals surface area contributed by atoms with Gasteiger partial charge in [0, 0.05) is 6.04 Å². The average molecular weight is 358 g/mol. The number of hydrogen-bond donors (Lipinski definition) is 1. The van der Waals surface area contributed by atoms with Gasteiger partial charge in [-0.3, -0.25) is 4.79 Å². The van der Waals surface area contributed by atoms with Crippen LogP contribution in [0.4, 0.5) is 0 Å². The van der Waals surface area contributed by atoms with Gasteiger partial charge < -0.3 is 10.1 Å². The molecule has 7 heteroatoms. The van der Waals surface area contributed by atoms with Crippen LogP contribution in [0, 0.1) is 26.7 Å². The lowest BCUT2D eigenvalue weighted by molar-refractivity contribution is -0.125. The Bertz CT molecular complexity index is 811. The molecule has 140 valence electrons. The number of amides is 1. The van der Waals surface area contributed by atoms with E-state index >= 15 is 0 Å². The second-order valence-electron chi connectivity index (χ2n) is 6.89. The Morgan fingerprint density at radius 3 is 2.46 bits per heavy atom. The molecule has 2 rings (SSSR count). The third kappa shape index (κ3) is 4.68. The summed E-state index contributed by atoms with van der Waals surface area (Å²) in [5.74, 6) is -0.695. The molecule has 1 aromatic carbocycles. The van der Waals surface area contributed by atoms with Crippen LogP contribution in [0.5, 0.6) is 0 Å². The van der Waals surface area contributed by atoms with Crippen molar-refractivity contribution in [3.8, 4) is 5.69 Å². The van der Waals surface area contributed by atoms with Gasteiger partial charge in [-0.2, -0.15) is 9.90 Å². The SMILES string of the molecule is Cc1ccc(-n2nc(C)c(C(=O)OCC(=O)N[C@H](C)C(C)C)n2)c(C)c1. The minimum atomic E-state index is -0.661. The molecular formula is C19H26N4O3. The quantitative estimate of drug-likeness (QED) is 0.802. The topological polar surface area (TPSA) is 86.1 Å². The van der Waals surface area contributed by atoms with E-state index in [-0.39, 0.29) is 24.2 Å². The second kappa shape index (κ2) is 8.12. The van der Waals surface area contributed by atoms with Gasteiger partial charge in [-0.05, 0) is 45.2 Å². The number of esters is 1. The van der Waals surface area contributed by atoms with Gasteiger partial charge in [-0.15, -0.1) is 5.10 Å². The van der Waals surface area contributed by atoms with Crippen molar-refractivity contribution < 1.29 is 14.3 Å². The Morgan fingerprint density at radius 2 is 1.85 bits per heavy atom. The van der Waals surface area contributed by atoms with Crippen LogP contribution in [0.3, 0.4) is 0 Å². The summed E-state index contributed by atoms with van der Waals surface area (Å²) in [6, 6.07) is 5.89. The Balaban J connectivity index is 2.06. The maximum atomic E-state index is 12.3. The van der Waals surface area contributed by atoms with Gasteiger partial charge in [0.15, 0.2) is 12.3 Å². The fraction of sp³-hybridized carbons (Fsp3) is 0.474. The van der Waals surface area contributed by atoms with Gasteiger partial charge in [-0.25, -0.2) is 4.79 Å². The maximum absolute atomic E-state index is 12.3. The highest BCUT2D eigenvalue weighted by Gasteiger charge is 2.20. The third-order valence-electron chi connectivity index (χ3n) is 4.27. The summed E-state index contributed by atoms with van der Waals surface area (Å²) >= 11 is 0. The van der Waals surface area contributed by atoms with Crippen molar-refractivity contribution in [2.75, 3.05) is 6.61 Å². The fourth-order valence-corrected chi connectivity index (χ4v) is 2.37. The van der Waals surface area contributed by atoms with Crippen LogP contribution in [0.2, 0.25) is 0 Å². The van der Waals surface area contributed by atoms with E-state index in [0.717, 1.165) is 16.8 Å². The first-order valence-electron chi connectivity index (χ1n) is 8.67. The molecular weight excluding hydrogens is 332 g/mol. The lowest BCUT2D eigenvalue weighted by Gasteiger charge is -2.17. The van der Waals surface area contributed by atoms with Crippen LogP contribution in [0.25, 0.3) is 5.69 Å². The highest BCUT2D eigenvalue weighted by atomic mass is 16.5. The Labute approximate surface area is 153 Å². The van der Waals surface area contributed by atoms with Gasteiger partial charge in [0.2, 0.25) is 0 Å². The summed E-state index contributed by atoms with van der Waals surface area (Å²) in [7, 11) is 0. The molecule has 0 aliphatic rings. The predicted molar refractivity (Wildman–Crippen MR) is 98.3 cm³/mol. The zero-order valence-corrected chi connectivity index (χ0v) is 16.2. The zero-order chi connectivity index (χ0) is 19.4. The first-order valence-corrected chi connectivity index (χ1v) is 8.67. The van der Waals surface area contributed by atoms with Gasteiger partial charge in [0.05, 0.1) is 11.4 Å². The van der Waals surface area contributed by atoms with E-state index in [1.807, 2.05) is 52.8 Å². The average Bonchev–Trinajstić information content (AvgIpc) is 2.94. The van der Waals surface area contributed by atoms with Gasteiger partial charge in [-0.1, -0.05) is 31.5 Å². The van der Waals surface area contributed by atoms with Crippen LogP contribution in [-0.2, 0) is 9.53 Å². The van der Waals surface area contributed by atoms with Gasteiger partial charge in [0.25, 0.3) is 5.91 Å². The van der Waals surface area contributed by atoms with Crippen molar-refractivity contribution >= 4 is 11.9 Å². The van der Waals surface area contributed by atoms with E-state index in [1.54, 1.807) is 6.92 Å². The summed E-state index contributed by atoms with van der Waals surface area (Å²) in [4.78, 5) is 25.5. The molecule has 0 spiro atoms. The van der Waals surface area contributed by atoms with Crippen LogP contribution in [-0.4, -0.2) is 39.5 Å². The van der Waals surface area contributed by atoms with Crippen LogP contribution in [0.15, 0.2) is 18.2 Å². The third-order valence-corrected chi connectivity index (χ3v) is 4.27. The molecule has 1 N–H and O–H groups in total. The van der Waals surface area contributed by atoms with E-state index in [0.29, 0.717) is 11.6 Å². The van der Waals surface area contributed by atoms with Crippen molar-refractivity contribution in [2.45, 2.75) is 47.6 Å². The maximum Gasteiger partial charge on any atom is 0.361 e. The highest BCUT2D eigenvalue weighted by Crippen LogP contribution is 2.15. The van der Waals surface area contributed by atoms with E-state index < -0.39 is 5.97 Å². The number of benzene rings is 1. The highest BCUT2D eigenvalue weighted by molar-refractivity contribution is 5.90. The molecule has 26 heavy (non-hydrogen) atoms.